The summed E-state index contributed by atoms with van der Waals surface area (Å²) in [6.07, 6.45) is 4.39. The molecule has 0 atom stereocenters. The van der Waals surface area contributed by atoms with E-state index in [1.54, 1.807) is 0 Å². The Bertz CT molecular complexity index is 388. The van der Waals surface area contributed by atoms with Crippen LogP contribution in [-0.4, -0.2) is 18.9 Å². The monoisotopic (exact) mass is 237 g/mol. The largest absolute Gasteiger partial charge is 0.367 e. The van der Waals surface area contributed by atoms with E-state index in [2.05, 4.69) is 11.8 Å². The second-order valence-electron chi connectivity index (χ2n) is 4.22. The zero-order chi connectivity index (χ0) is 11.5. The molecule has 0 amide bonds. The Labute approximate surface area is 101 Å². The van der Waals surface area contributed by atoms with Gasteiger partial charge in [0, 0.05) is 18.2 Å². The van der Waals surface area contributed by atoms with Crippen LogP contribution < -0.4 is 4.90 Å². The molecular weight excluding hydrogens is 222 g/mol. The predicted molar refractivity (Wildman–Crippen MR) is 67.5 cm³/mol. The molecular formula is C13H16ClNO. The standard InChI is InChI=1S/C13H16ClNO/c1-2-8-15(11-6-7-11)13-10(9-16)4-3-5-12(13)14/h3-5,9,11H,2,6-8H2,1H3. The summed E-state index contributed by atoms with van der Waals surface area (Å²) < 4.78 is 0. The topological polar surface area (TPSA) is 20.3 Å². The van der Waals surface area contributed by atoms with Crippen LogP contribution in [0, 0.1) is 0 Å². The second-order valence-corrected chi connectivity index (χ2v) is 4.63. The van der Waals surface area contributed by atoms with Crippen LogP contribution in [0.5, 0.6) is 0 Å². The van der Waals surface area contributed by atoms with Gasteiger partial charge in [0.2, 0.25) is 0 Å². The molecule has 0 spiro atoms. The van der Waals surface area contributed by atoms with E-state index in [-0.39, 0.29) is 0 Å². The lowest BCUT2D eigenvalue weighted by Crippen LogP contribution is -2.27. The van der Waals surface area contributed by atoms with Crippen molar-refractivity contribution in [2.24, 2.45) is 0 Å². The highest BCUT2D eigenvalue weighted by Crippen LogP contribution is 2.37. The first kappa shape index (κ1) is 11.5. The van der Waals surface area contributed by atoms with E-state index in [9.17, 15) is 4.79 Å². The van der Waals surface area contributed by atoms with Crippen molar-refractivity contribution in [1.82, 2.24) is 0 Å². The summed E-state index contributed by atoms with van der Waals surface area (Å²) in [5, 5.41) is 0.685. The summed E-state index contributed by atoms with van der Waals surface area (Å²) in [5.74, 6) is 0. The maximum atomic E-state index is 11.0. The number of nitrogens with zero attached hydrogens (tertiary/aromatic N) is 1. The van der Waals surface area contributed by atoms with Crippen molar-refractivity contribution in [2.45, 2.75) is 32.2 Å². The number of carbonyl (C=O) groups is 1. The summed E-state index contributed by atoms with van der Waals surface area (Å²) in [5.41, 5.74) is 1.62. The number of halogens is 1. The molecule has 0 radical (unpaired) electrons. The van der Waals surface area contributed by atoms with Gasteiger partial charge in [-0.15, -0.1) is 0 Å². The molecule has 2 rings (SSSR count). The Balaban J connectivity index is 2.38. The molecule has 0 heterocycles. The third kappa shape index (κ3) is 2.22. The first-order chi connectivity index (χ1) is 7.77. The predicted octanol–water partition coefficient (Wildman–Crippen LogP) is 3.53. The molecule has 1 aromatic carbocycles. The third-order valence-corrected chi connectivity index (χ3v) is 3.19. The van der Waals surface area contributed by atoms with E-state index >= 15 is 0 Å². The average molecular weight is 238 g/mol. The Hall–Kier alpha value is -1.02. The van der Waals surface area contributed by atoms with Gasteiger partial charge in [-0.25, -0.2) is 0 Å². The van der Waals surface area contributed by atoms with Crippen molar-refractivity contribution >= 4 is 23.6 Å². The maximum absolute atomic E-state index is 11.0. The molecule has 1 fully saturated rings. The molecule has 0 bridgehead atoms. The molecule has 0 aliphatic heterocycles. The summed E-state index contributed by atoms with van der Waals surface area (Å²) in [7, 11) is 0. The van der Waals surface area contributed by atoms with Crippen molar-refractivity contribution in [2.75, 3.05) is 11.4 Å². The molecule has 1 aliphatic rings. The molecule has 0 aromatic heterocycles. The van der Waals surface area contributed by atoms with Crippen LogP contribution in [0.3, 0.4) is 0 Å². The molecule has 0 N–H and O–H groups in total. The Morgan fingerprint density at radius 1 is 1.50 bits per heavy atom. The van der Waals surface area contributed by atoms with Gasteiger partial charge in [0.1, 0.15) is 0 Å². The SMILES string of the molecule is CCCN(c1c(Cl)cccc1C=O)C1CC1. The van der Waals surface area contributed by atoms with E-state index in [0.717, 1.165) is 24.9 Å². The number of para-hydroxylation sites is 1. The zero-order valence-electron chi connectivity index (χ0n) is 9.45. The van der Waals surface area contributed by atoms with Gasteiger partial charge in [-0.05, 0) is 31.4 Å². The van der Waals surface area contributed by atoms with Gasteiger partial charge in [0.15, 0.2) is 6.29 Å². The number of benzene rings is 1. The van der Waals surface area contributed by atoms with Crippen molar-refractivity contribution in [3.05, 3.63) is 28.8 Å². The van der Waals surface area contributed by atoms with Crippen LogP contribution >= 0.6 is 11.6 Å². The van der Waals surface area contributed by atoms with Crippen LogP contribution in [0.1, 0.15) is 36.5 Å². The smallest absolute Gasteiger partial charge is 0.152 e. The molecule has 16 heavy (non-hydrogen) atoms. The van der Waals surface area contributed by atoms with Gasteiger partial charge < -0.3 is 4.90 Å². The maximum Gasteiger partial charge on any atom is 0.152 e. The van der Waals surface area contributed by atoms with Crippen LogP contribution in [0.25, 0.3) is 0 Å². The van der Waals surface area contributed by atoms with E-state index in [4.69, 9.17) is 11.6 Å². The molecule has 1 saturated carbocycles. The summed E-state index contributed by atoms with van der Waals surface area (Å²) in [4.78, 5) is 13.3. The van der Waals surface area contributed by atoms with Crippen LogP contribution in [0.2, 0.25) is 5.02 Å². The summed E-state index contributed by atoms with van der Waals surface area (Å²) in [6.45, 7) is 3.11. The van der Waals surface area contributed by atoms with Gasteiger partial charge in [0.25, 0.3) is 0 Å². The van der Waals surface area contributed by atoms with Crippen LogP contribution in [0.15, 0.2) is 18.2 Å². The van der Waals surface area contributed by atoms with Gasteiger partial charge in [-0.3, -0.25) is 4.79 Å². The molecule has 86 valence electrons. The van der Waals surface area contributed by atoms with E-state index in [0.29, 0.717) is 16.6 Å². The fourth-order valence-corrected chi connectivity index (χ4v) is 2.32. The van der Waals surface area contributed by atoms with Crippen molar-refractivity contribution in [1.29, 1.82) is 0 Å². The third-order valence-electron chi connectivity index (χ3n) is 2.88. The normalized spacial score (nSPS) is 14.9. The highest BCUT2D eigenvalue weighted by Gasteiger charge is 2.30. The molecule has 2 nitrogen and oxygen atoms in total. The number of rotatable bonds is 5. The lowest BCUT2D eigenvalue weighted by Gasteiger charge is -2.26. The van der Waals surface area contributed by atoms with Crippen LogP contribution in [-0.2, 0) is 0 Å². The fourth-order valence-electron chi connectivity index (χ4n) is 2.03. The summed E-state index contributed by atoms with van der Waals surface area (Å²) in [6, 6.07) is 6.10. The lowest BCUT2D eigenvalue weighted by molar-refractivity contribution is 0.112. The van der Waals surface area contributed by atoms with Gasteiger partial charge in [-0.1, -0.05) is 24.6 Å². The minimum absolute atomic E-state index is 0.582. The Morgan fingerprint density at radius 2 is 2.25 bits per heavy atom. The van der Waals surface area contributed by atoms with E-state index in [1.807, 2.05) is 18.2 Å². The number of hydrogen-bond donors (Lipinski definition) is 0. The van der Waals surface area contributed by atoms with Gasteiger partial charge in [-0.2, -0.15) is 0 Å². The minimum atomic E-state index is 0.582. The quantitative estimate of drug-likeness (QED) is 0.731. The molecule has 0 saturated heterocycles. The number of carbonyl (C=O) groups excluding carboxylic acids is 1. The second kappa shape index (κ2) is 4.88. The highest BCUT2D eigenvalue weighted by atomic mass is 35.5. The van der Waals surface area contributed by atoms with Crippen molar-refractivity contribution < 1.29 is 4.79 Å². The molecule has 1 aromatic rings. The first-order valence-electron chi connectivity index (χ1n) is 5.78. The average Bonchev–Trinajstić information content (AvgIpc) is 3.10. The summed E-state index contributed by atoms with van der Waals surface area (Å²) >= 11 is 6.21. The Kier molecular flexibility index (Phi) is 3.49. The van der Waals surface area contributed by atoms with Gasteiger partial charge in [0.05, 0.1) is 10.7 Å². The molecule has 0 unspecified atom stereocenters. The van der Waals surface area contributed by atoms with Crippen molar-refractivity contribution in [3.8, 4) is 0 Å². The molecule has 1 aliphatic carbocycles. The van der Waals surface area contributed by atoms with Crippen molar-refractivity contribution in [3.63, 3.8) is 0 Å². The van der Waals surface area contributed by atoms with Gasteiger partial charge >= 0.3 is 0 Å². The lowest BCUT2D eigenvalue weighted by atomic mass is 10.1. The van der Waals surface area contributed by atoms with E-state index < -0.39 is 0 Å². The number of aldehydes is 1. The molecule has 3 heteroatoms. The number of hydrogen-bond acceptors (Lipinski definition) is 2. The fraction of sp³-hybridized carbons (Fsp3) is 0.462. The van der Waals surface area contributed by atoms with Crippen LogP contribution in [0.4, 0.5) is 5.69 Å². The number of anilines is 1. The first-order valence-corrected chi connectivity index (χ1v) is 6.16. The van der Waals surface area contributed by atoms with E-state index in [1.165, 1.54) is 12.8 Å². The highest BCUT2D eigenvalue weighted by molar-refractivity contribution is 6.34. The Morgan fingerprint density at radius 3 is 2.81 bits per heavy atom. The zero-order valence-corrected chi connectivity index (χ0v) is 10.2. The minimum Gasteiger partial charge on any atom is -0.367 e.